The first-order valence-corrected chi connectivity index (χ1v) is 3.46. The van der Waals surface area contributed by atoms with Crippen LogP contribution in [0.2, 0.25) is 0 Å². The van der Waals surface area contributed by atoms with Gasteiger partial charge in [0, 0.05) is 6.54 Å². The Bertz CT molecular complexity index is 109. The van der Waals surface area contributed by atoms with Crippen molar-refractivity contribution in [2.75, 3.05) is 6.54 Å². The lowest BCUT2D eigenvalue weighted by molar-refractivity contribution is 0.716. The van der Waals surface area contributed by atoms with Gasteiger partial charge in [-0.05, 0) is 19.3 Å². The van der Waals surface area contributed by atoms with Gasteiger partial charge >= 0.3 is 0 Å². The molecule has 0 saturated heterocycles. The van der Waals surface area contributed by atoms with E-state index in [0.29, 0.717) is 0 Å². The van der Waals surface area contributed by atoms with Gasteiger partial charge in [-0.3, -0.25) is 5.41 Å². The fraction of sp³-hybridized carbons (Fsp3) is 0.571. The van der Waals surface area contributed by atoms with Crippen LogP contribution >= 0.6 is 0 Å². The van der Waals surface area contributed by atoms with Gasteiger partial charge in [-0.15, -0.1) is 6.58 Å². The summed E-state index contributed by atoms with van der Waals surface area (Å²) in [6, 6.07) is 0. The zero-order valence-corrected chi connectivity index (χ0v) is 6.19. The number of nitrogens with two attached hydrogens (primary N) is 1. The van der Waals surface area contributed by atoms with Gasteiger partial charge in [-0.25, -0.2) is 0 Å². The van der Waals surface area contributed by atoms with E-state index in [1.165, 1.54) is 0 Å². The molecule has 0 unspecified atom stereocenters. The minimum absolute atomic E-state index is 0.0543. The highest BCUT2D eigenvalue weighted by Crippen LogP contribution is 1.92. The number of guanidine groups is 1. The molecule has 58 valence electrons. The van der Waals surface area contributed by atoms with E-state index in [9.17, 15) is 0 Å². The van der Waals surface area contributed by atoms with E-state index < -0.39 is 0 Å². The van der Waals surface area contributed by atoms with Crippen LogP contribution in [0, 0.1) is 5.41 Å². The molecule has 0 saturated carbocycles. The molecule has 0 heterocycles. The molecule has 0 radical (unpaired) electrons. The SMILES string of the molecule is C=CCCCCNC(=N)N. The van der Waals surface area contributed by atoms with Crippen LogP contribution in [-0.2, 0) is 0 Å². The number of rotatable bonds is 5. The molecule has 3 nitrogen and oxygen atoms in total. The average molecular weight is 141 g/mol. The minimum atomic E-state index is 0.0543. The van der Waals surface area contributed by atoms with Gasteiger partial charge in [0.15, 0.2) is 5.96 Å². The Morgan fingerprint density at radius 2 is 2.30 bits per heavy atom. The van der Waals surface area contributed by atoms with Crippen molar-refractivity contribution in [1.29, 1.82) is 5.41 Å². The van der Waals surface area contributed by atoms with Crippen molar-refractivity contribution in [3.63, 3.8) is 0 Å². The van der Waals surface area contributed by atoms with Crippen LogP contribution in [0.1, 0.15) is 19.3 Å². The van der Waals surface area contributed by atoms with Gasteiger partial charge in [0.1, 0.15) is 0 Å². The topological polar surface area (TPSA) is 61.9 Å². The van der Waals surface area contributed by atoms with Crippen LogP contribution in [0.25, 0.3) is 0 Å². The third-order valence-electron chi connectivity index (χ3n) is 1.15. The molecule has 0 rings (SSSR count). The maximum atomic E-state index is 6.82. The fourth-order valence-corrected chi connectivity index (χ4v) is 0.637. The average Bonchev–Trinajstić information content (AvgIpc) is 1.87. The fourth-order valence-electron chi connectivity index (χ4n) is 0.637. The lowest BCUT2D eigenvalue weighted by Gasteiger charge is -2.00. The summed E-state index contributed by atoms with van der Waals surface area (Å²) in [4.78, 5) is 0. The quantitative estimate of drug-likeness (QED) is 0.230. The number of hydrogen-bond donors (Lipinski definition) is 3. The molecule has 10 heavy (non-hydrogen) atoms. The predicted octanol–water partition coefficient (Wildman–Crippen LogP) is 0.826. The Morgan fingerprint density at radius 3 is 2.80 bits per heavy atom. The van der Waals surface area contributed by atoms with Crippen LogP contribution in [0.5, 0.6) is 0 Å². The summed E-state index contributed by atoms with van der Waals surface area (Å²) >= 11 is 0. The van der Waals surface area contributed by atoms with E-state index >= 15 is 0 Å². The Balaban J connectivity index is 2.90. The molecule has 0 atom stereocenters. The van der Waals surface area contributed by atoms with Crippen molar-refractivity contribution in [2.45, 2.75) is 19.3 Å². The molecule has 0 aromatic rings. The van der Waals surface area contributed by atoms with E-state index in [1.807, 2.05) is 6.08 Å². The second-order valence-electron chi connectivity index (χ2n) is 2.12. The molecule has 0 aliphatic heterocycles. The number of allylic oxidation sites excluding steroid dienone is 1. The summed E-state index contributed by atoms with van der Waals surface area (Å²) in [5.41, 5.74) is 5.06. The third-order valence-corrected chi connectivity index (χ3v) is 1.15. The van der Waals surface area contributed by atoms with E-state index in [4.69, 9.17) is 11.1 Å². The van der Waals surface area contributed by atoms with Crippen molar-refractivity contribution in [1.82, 2.24) is 5.32 Å². The monoisotopic (exact) mass is 141 g/mol. The lowest BCUT2D eigenvalue weighted by atomic mass is 10.2. The number of nitrogens with one attached hydrogen (secondary N) is 2. The highest BCUT2D eigenvalue weighted by atomic mass is 15.0. The largest absolute Gasteiger partial charge is 0.370 e. The summed E-state index contributed by atoms with van der Waals surface area (Å²) in [5.74, 6) is 0.0543. The van der Waals surface area contributed by atoms with Gasteiger partial charge in [0.05, 0.1) is 0 Å². The first-order valence-electron chi connectivity index (χ1n) is 3.46. The molecule has 0 aliphatic rings. The maximum absolute atomic E-state index is 6.82. The van der Waals surface area contributed by atoms with Crippen LogP contribution < -0.4 is 11.1 Å². The summed E-state index contributed by atoms with van der Waals surface area (Å²) in [6.07, 6.45) is 5.10. The Labute approximate surface area is 61.8 Å². The molecule has 0 spiro atoms. The van der Waals surface area contributed by atoms with E-state index in [0.717, 1.165) is 25.8 Å². The van der Waals surface area contributed by atoms with Crippen LogP contribution in [0.3, 0.4) is 0 Å². The molecule has 0 amide bonds. The highest BCUT2D eigenvalue weighted by Gasteiger charge is 1.86. The van der Waals surface area contributed by atoms with Gasteiger partial charge in [-0.1, -0.05) is 6.08 Å². The summed E-state index contributed by atoms with van der Waals surface area (Å²) in [5, 5.41) is 9.55. The van der Waals surface area contributed by atoms with Crippen LogP contribution in [0.15, 0.2) is 12.7 Å². The van der Waals surface area contributed by atoms with Gasteiger partial charge in [0.2, 0.25) is 0 Å². The Kier molecular flexibility index (Phi) is 5.53. The van der Waals surface area contributed by atoms with Gasteiger partial charge in [-0.2, -0.15) is 0 Å². The molecule has 0 aliphatic carbocycles. The van der Waals surface area contributed by atoms with Crippen molar-refractivity contribution < 1.29 is 0 Å². The zero-order valence-electron chi connectivity index (χ0n) is 6.19. The number of unbranched alkanes of at least 4 members (excludes halogenated alkanes) is 2. The van der Waals surface area contributed by atoms with Crippen molar-refractivity contribution in [3.8, 4) is 0 Å². The van der Waals surface area contributed by atoms with E-state index in [1.54, 1.807) is 0 Å². The number of hydrogen-bond acceptors (Lipinski definition) is 1. The molecule has 4 N–H and O–H groups in total. The molecular formula is C7H15N3. The summed E-state index contributed by atoms with van der Waals surface area (Å²) < 4.78 is 0. The Morgan fingerprint density at radius 1 is 1.60 bits per heavy atom. The lowest BCUT2D eigenvalue weighted by Crippen LogP contribution is -2.30. The molecule has 0 aromatic carbocycles. The second kappa shape index (κ2) is 6.13. The molecule has 0 fully saturated rings. The first-order chi connectivity index (χ1) is 4.77. The molecule has 0 aromatic heterocycles. The van der Waals surface area contributed by atoms with Crippen LogP contribution in [-0.4, -0.2) is 12.5 Å². The standard InChI is InChI=1S/C7H15N3/c1-2-3-4-5-6-10-7(8)9/h2H,1,3-6H2,(H4,8,9,10). The molecular weight excluding hydrogens is 126 g/mol. The third kappa shape index (κ3) is 7.01. The predicted molar refractivity (Wildman–Crippen MR) is 44.0 cm³/mol. The van der Waals surface area contributed by atoms with E-state index in [2.05, 4.69) is 11.9 Å². The van der Waals surface area contributed by atoms with E-state index in [-0.39, 0.29) is 5.96 Å². The minimum Gasteiger partial charge on any atom is -0.370 e. The van der Waals surface area contributed by atoms with Gasteiger partial charge in [0.25, 0.3) is 0 Å². The Hall–Kier alpha value is -0.990. The molecule has 3 heteroatoms. The zero-order chi connectivity index (χ0) is 7.82. The highest BCUT2D eigenvalue weighted by molar-refractivity contribution is 5.74. The summed E-state index contributed by atoms with van der Waals surface area (Å²) in [6.45, 7) is 4.40. The van der Waals surface area contributed by atoms with Gasteiger partial charge < -0.3 is 11.1 Å². The van der Waals surface area contributed by atoms with Crippen molar-refractivity contribution in [2.24, 2.45) is 5.73 Å². The normalized spacial score (nSPS) is 8.80. The maximum Gasteiger partial charge on any atom is 0.185 e. The van der Waals surface area contributed by atoms with Crippen LogP contribution in [0.4, 0.5) is 0 Å². The van der Waals surface area contributed by atoms with Crippen molar-refractivity contribution >= 4 is 5.96 Å². The second-order valence-corrected chi connectivity index (χ2v) is 2.12. The first kappa shape index (κ1) is 9.01. The smallest absolute Gasteiger partial charge is 0.185 e. The molecule has 0 bridgehead atoms. The van der Waals surface area contributed by atoms with Crippen molar-refractivity contribution in [3.05, 3.63) is 12.7 Å². The summed E-state index contributed by atoms with van der Waals surface area (Å²) in [7, 11) is 0.